The molecule has 1 fully saturated rings. The lowest BCUT2D eigenvalue weighted by molar-refractivity contribution is -0.121. The number of hydrogen-bond acceptors (Lipinski definition) is 3. The molecule has 3 N–H and O–H groups in total. The minimum absolute atomic E-state index is 0.201. The van der Waals surface area contributed by atoms with Crippen LogP contribution in [-0.2, 0) is 4.79 Å². The molecule has 0 atom stereocenters. The summed E-state index contributed by atoms with van der Waals surface area (Å²) in [6.07, 6.45) is 6.36. The molecule has 0 saturated heterocycles. The van der Waals surface area contributed by atoms with Gasteiger partial charge in [0.2, 0.25) is 5.91 Å². The van der Waals surface area contributed by atoms with E-state index in [0.29, 0.717) is 24.4 Å². The molecule has 0 bridgehead atoms. The zero-order chi connectivity index (χ0) is 14.3. The summed E-state index contributed by atoms with van der Waals surface area (Å²) in [5.41, 5.74) is 5.89. The molecule has 1 aliphatic rings. The number of nitrogens with zero attached hydrogens (tertiary/aromatic N) is 1. The van der Waals surface area contributed by atoms with Crippen molar-refractivity contribution in [1.82, 2.24) is 10.2 Å². The molecule has 1 aliphatic carbocycles. The smallest absolute Gasteiger partial charge is 0.220 e. The number of carbonyl (C=O) groups excluding carboxylic acids is 1. The molecule has 0 unspecified atom stereocenters. The third-order valence-corrected chi connectivity index (χ3v) is 4.34. The van der Waals surface area contributed by atoms with E-state index < -0.39 is 0 Å². The van der Waals surface area contributed by atoms with Gasteiger partial charge < -0.3 is 16.0 Å². The molecule has 112 valence electrons. The fourth-order valence-corrected chi connectivity index (χ4v) is 2.53. The van der Waals surface area contributed by atoms with E-state index in [4.69, 9.17) is 5.73 Å². The van der Waals surface area contributed by atoms with Crippen molar-refractivity contribution in [3.63, 3.8) is 0 Å². The first kappa shape index (κ1) is 16.4. The Hall–Kier alpha value is -0.610. The molecule has 0 aromatic carbocycles. The van der Waals surface area contributed by atoms with Gasteiger partial charge in [0.25, 0.3) is 0 Å². The van der Waals surface area contributed by atoms with Gasteiger partial charge in [0, 0.05) is 31.6 Å². The minimum atomic E-state index is 0.201. The molecule has 0 spiro atoms. The van der Waals surface area contributed by atoms with Crippen LogP contribution in [-0.4, -0.2) is 43.0 Å². The Morgan fingerprint density at radius 1 is 1.32 bits per heavy atom. The topological polar surface area (TPSA) is 58.4 Å². The number of nitrogens with two attached hydrogens (primary N) is 1. The third kappa shape index (κ3) is 6.92. The van der Waals surface area contributed by atoms with Crippen molar-refractivity contribution in [2.45, 2.75) is 64.5 Å². The van der Waals surface area contributed by atoms with Crippen LogP contribution < -0.4 is 11.1 Å². The molecule has 19 heavy (non-hydrogen) atoms. The lowest BCUT2D eigenvalue weighted by atomic mass is 9.84. The van der Waals surface area contributed by atoms with Crippen LogP contribution in [0.25, 0.3) is 0 Å². The molecule has 4 nitrogen and oxygen atoms in total. The number of hydrogen-bond donors (Lipinski definition) is 2. The highest BCUT2D eigenvalue weighted by Crippen LogP contribution is 2.26. The highest BCUT2D eigenvalue weighted by Gasteiger charge is 2.19. The summed E-state index contributed by atoms with van der Waals surface area (Å²) in [6.45, 7) is 6.00. The monoisotopic (exact) mass is 269 g/mol. The summed E-state index contributed by atoms with van der Waals surface area (Å²) in [4.78, 5) is 14.0. The van der Waals surface area contributed by atoms with Crippen molar-refractivity contribution in [2.75, 3.05) is 20.1 Å². The van der Waals surface area contributed by atoms with E-state index in [1.807, 2.05) is 0 Å². The molecule has 0 heterocycles. The molecule has 1 saturated carbocycles. The van der Waals surface area contributed by atoms with Crippen LogP contribution in [0.4, 0.5) is 0 Å². The molecule has 4 heteroatoms. The molecule has 0 aromatic rings. The Bertz CT molecular complexity index is 260. The maximum absolute atomic E-state index is 11.7. The molecule has 0 aromatic heterocycles. The lowest BCUT2D eigenvalue weighted by Gasteiger charge is -2.25. The van der Waals surface area contributed by atoms with Crippen molar-refractivity contribution in [2.24, 2.45) is 11.7 Å². The first-order valence-electron chi connectivity index (χ1n) is 7.71. The third-order valence-electron chi connectivity index (χ3n) is 4.34. The lowest BCUT2D eigenvalue weighted by Crippen LogP contribution is -2.36. The highest BCUT2D eigenvalue weighted by molar-refractivity contribution is 5.75. The van der Waals surface area contributed by atoms with Gasteiger partial charge in [-0.25, -0.2) is 0 Å². The van der Waals surface area contributed by atoms with E-state index in [1.54, 1.807) is 0 Å². The number of nitrogens with one attached hydrogen (secondary N) is 1. The Morgan fingerprint density at radius 3 is 2.53 bits per heavy atom. The summed E-state index contributed by atoms with van der Waals surface area (Å²) >= 11 is 0. The van der Waals surface area contributed by atoms with Gasteiger partial charge in [-0.1, -0.05) is 0 Å². The number of likely N-dealkylation sites (N-methyl/N-ethyl adjacent to an activating group) is 1. The van der Waals surface area contributed by atoms with Crippen molar-refractivity contribution < 1.29 is 4.79 Å². The fraction of sp³-hybridized carbons (Fsp3) is 0.933. The van der Waals surface area contributed by atoms with Gasteiger partial charge in [0.05, 0.1) is 0 Å². The van der Waals surface area contributed by atoms with Crippen molar-refractivity contribution in [3.05, 3.63) is 0 Å². The Kier molecular flexibility index (Phi) is 7.39. The maximum Gasteiger partial charge on any atom is 0.220 e. The molecule has 0 radical (unpaired) electrons. The van der Waals surface area contributed by atoms with E-state index in [0.717, 1.165) is 32.4 Å². The van der Waals surface area contributed by atoms with Gasteiger partial charge in [0.15, 0.2) is 0 Å². The Balaban J connectivity index is 2.05. The van der Waals surface area contributed by atoms with E-state index in [9.17, 15) is 4.79 Å². The van der Waals surface area contributed by atoms with Crippen LogP contribution in [0.1, 0.15) is 52.4 Å². The molecule has 1 rings (SSSR count). The largest absolute Gasteiger partial charge is 0.355 e. The van der Waals surface area contributed by atoms with Gasteiger partial charge >= 0.3 is 0 Å². The van der Waals surface area contributed by atoms with Crippen LogP contribution in [0.5, 0.6) is 0 Å². The summed E-state index contributed by atoms with van der Waals surface area (Å²) in [6, 6.07) is 0.931. The van der Waals surface area contributed by atoms with E-state index in [-0.39, 0.29) is 5.91 Å². The zero-order valence-electron chi connectivity index (χ0n) is 12.8. The summed E-state index contributed by atoms with van der Waals surface area (Å²) in [5, 5.41) is 3.01. The van der Waals surface area contributed by atoms with Crippen LogP contribution in [0.3, 0.4) is 0 Å². The average molecular weight is 269 g/mol. The van der Waals surface area contributed by atoms with Gasteiger partial charge in [0.1, 0.15) is 0 Å². The molecule has 0 aliphatic heterocycles. The van der Waals surface area contributed by atoms with E-state index >= 15 is 0 Å². The summed E-state index contributed by atoms with van der Waals surface area (Å²) in [5.74, 6) is 0.913. The maximum atomic E-state index is 11.7. The second kappa shape index (κ2) is 8.54. The summed E-state index contributed by atoms with van der Waals surface area (Å²) in [7, 11) is 2.09. The normalized spacial score (nSPS) is 23.9. The highest BCUT2D eigenvalue weighted by atomic mass is 16.1. The zero-order valence-corrected chi connectivity index (χ0v) is 12.8. The Labute approximate surface area is 118 Å². The van der Waals surface area contributed by atoms with E-state index in [2.05, 4.69) is 31.1 Å². The van der Waals surface area contributed by atoms with Gasteiger partial charge in [-0.2, -0.15) is 0 Å². The molecule has 1 amide bonds. The van der Waals surface area contributed by atoms with Gasteiger partial charge in [-0.05, 0) is 58.9 Å². The predicted octanol–water partition coefficient (Wildman–Crippen LogP) is 1.74. The van der Waals surface area contributed by atoms with Crippen molar-refractivity contribution in [3.8, 4) is 0 Å². The van der Waals surface area contributed by atoms with Crippen LogP contribution in [0.15, 0.2) is 0 Å². The SMILES string of the molecule is CC(C)N(C)CCNC(=O)CCC1CCC(N)CC1. The minimum Gasteiger partial charge on any atom is -0.355 e. The van der Waals surface area contributed by atoms with Crippen molar-refractivity contribution in [1.29, 1.82) is 0 Å². The first-order chi connectivity index (χ1) is 8.99. The first-order valence-corrected chi connectivity index (χ1v) is 7.71. The predicted molar refractivity (Wildman–Crippen MR) is 79.9 cm³/mol. The molecular weight excluding hydrogens is 238 g/mol. The van der Waals surface area contributed by atoms with Gasteiger partial charge in [-0.15, -0.1) is 0 Å². The number of rotatable bonds is 7. The van der Waals surface area contributed by atoms with E-state index in [1.165, 1.54) is 12.8 Å². The van der Waals surface area contributed by atoms with Crippen LogP contribution >= 0.6 is 0 Å². The molecular formula is C15H31N3O. The number of carbonyl (C=O) groups is 1. The van der Waals surface area contributed by atoms with Crippen LogP contribution in [0, 0.1) is 5.92 Å². The van der Waals surface area contributed by atoms with Crippen LogP contribution in [0.2, 0.25) is 0 Å². The second-order valence-corrected chi connectivity index (χ2v) is 6.24. The Morgan fingerprint density at radius 2 is 1.95 bits per heavy atom. The van der Waals surface area contributed by atoms with Crippen molar-refractivity contribution >= 4 is 5.91 Å². The average Bonchev–Trinajstić information content (AvgIpc) is 2.37. The second-order valence-electron chi connectivity index (χ2n) is 6.24. The van der Waals surface area contributed by atoms with Gasteiger partial charge in [-0.3, -0.25) is 4.79 Å². The summed E-state index contributed by atoms with van der Waals surface area (Å²) < 4.78 is 0. The standard InChI is InChI=1S/C15H31N3O/c1-12(2)18(3)11-10-17-15(19)9-6-13-4-7-14(16)8-5-13/h12-14H,4-11,16H2,1-3H3,(H,17,19). The quantitative estimate of drug-likeness (QED) is 0.740. The number of amides is 1. The fourth-order valence-electron chi connectivity index (χ4n) is 2.53.